The first kappa shape index (κ1) is 19.4. The van der Waals surface area contributed by atoms with E-state index in [0.29, 0.717) is 12.5 Å². The molecule has 4 nitrogen and oxygen atoms in total. The third-order valence-electron chi connectivity index (χ3n) is 5.84. The van der Waals surface area contributed by atoms with Crippen molar-refractivity contribution in [2.24, 2.45) is 5.92 Å². The summed E-state index contributed by atoms with van der Waals surface area (Å²) in [4.78, 5) is 17.2. The number of anilines is 1. The molecule has 2 aliphatic heterocycles. The van der Waals surface area contributed by atoms with E-state index in [9.17, 15) is 4.79 Å². The smallest absolute Gasteiger partial charge is 0.226 e. The van der Waals surface area contributed by atoms with Crippen LogP contribution in [0.4, 0.5) is 5.69 Å². The van der Waals surface area contributed by atoms with Gasteiger partial charge in [-0.05, 0) is 57.6 Å². The Hall–Kier alpha value is -1.39. The molecule has 2 aliphatic rings. The van der Waals surface area contributed by atoms with Crippen molar-refractivity contribution in [2.45, 2.75) is 64.5 Å². The molecule has 0 radical (unpaired) electrons. The number of amides is 1. The van der Waals surface area contributed by atoms with Crippen LogP contribution in [-0.2, 0) is 9.53 Å². The van der Waals surface area contributed by atoms with E-state index in [1.54, 1.807) is 0 Å². The molecule has 2 saturated heterocycles. The van der Waals surface area contributed by atoms with Crippen LogP contribution in [0.3, 0.4) is 0 Å². The number of carbonyl (C=O) groups is 1. The third-order valence-corrected chi connectivity index (χ3v) is 5.84. The second kappa shape index (κ2) is 8.53. The first-order valence-corrected chi connectivity index (χ1v) is 10.2. The van der Waals surface area contributed by atoms with E-state index in [1.807, 2.05) is 25.1 Å². The van der Waals surface area contributed by atoms with E-state index in [2.05, 4.69) is 35.8 Å². The highest BCUT2D eigenvalue weighted by Gasteiger charge is 2.32. The van der Waals surface area contributed by atoms with Gasteiger partial charge in [0, 0.05) is 44.4 Å². The number of hydrogen-bond donors (Lipinski definition) is 0. The van der Waals surface area contributed by atoms with E-state index in [0.717, 1.165) is 50.6 Å². The summed E-state index contributed by atoms with van der Waals surface area (Å²) in [6.07, 6.45) is 5.01. The van der Waals surface area contributed by atoms with E-state index < -0.39 is 0 Å². The highest BCUT2D eigenvalue weighted by molar-refractivity contribution is 5.93. The Morgan fingerprint density at radius 1 is 1.19 bits per heavy atom. The van der Waals surface area contributed by atoms with Gasteiger partial charge in [-0.15, -0.1) is 0 Å². The van der Waals surface area contributed by atoms with Gasteiger partial charge in [-0.2, -0.15) is 0 Å². The Balaban J connectivity index is 1.57. The predicted molar refractivity (Wildman–Crippen MR) is 106 cm³/mol. The molecule has 2 heterocycles. The number of hydrogen-bond acceptors (Lipinski definition) is 3. The number of benzene rings is 1. The fourth-order valence-corrected chi connectivity index (χ4v) is 4.56. The largest absolute Gasteiger partial charge is 0.376 e. The zero-order valence-electron chi connectivity index (χ0n) is 16.6. The van der Waals surface area contributed by atoms with Crippen molar-refractivity contribution >= 4 is 11.6 Å². The molecule has 1 atom stereocenters. The quantitative estimate of drug-likeness (QED) is 0.794. The summed E-state index contributed by atoms with van der Waals surface area (Å²) in [7, 11) is 0. The molecule has 26 heavy (non-hydrogen) atoms. The monoisotopic (exact) mass is 358 g/mol. The van der Waals surface area contributed by atoms with Gasteiger partial charge in [0.05, 0.1) is 5.60 Å². The molecule has 1 aromatic rings. The van der Waals surface area contributed by atoms with Gasteiger partial charge < -0.3 is 14.5 Å². The molecule has 0 aromatic heterocycles. The van der Waals surface area contributed by atoms with Crippen molar-refractivity contribution in [2.75, 3.05) is 31.1 Å². The van der Waals surface area contributed by atoms with Gasteiger partial charge in [0.1, 0.15) is 0 Å². The number of carbonyl (C=O) groups excluding carboxylic acids is 1. The van der Waals surface area contributed by atoms with E-state index >= 15 is 0 Å². The third kappa shape index (κ3) is 4.86. The van der Waals surface area contributed by atoms with Gasteiger partial charge in [-0.1, -0.05) is 25.1 Å². The van der Waals surface area contributed by atoms with E-state index in [-0.39, 0.29) is 11.5 Å². The highest BCUT2D eigenvalue weighted by Crippen LogP contribution is 2.30. The Bertz CT molecular complexity index is 579. The summed E-state index contributed by atoms with van der Waals surface area (Å²) in [6.45, 7) is 10.6. The van der Waals surface area contributed by atoms with Gasteiger partial charge in [0.25, 0.3) is 0 Å². The van der Waals surface area contributed by atoms with Crippen molar-refractivity contribution in [1.82, 2.24) is 4.90 Å². The zero-order valence-corrected chi connectivity index (χ0v) is 16.6. The Kier molecular flexibility index (Phi) is 6.36. The van der Waals surface area contributed by atoms with Crippen LogP contribution in [0.15, 0.2) is 30.3 Å². The maximum atomic E-state index is 12.6. The summed E-state index contributed by atoms with van der Waals surface area (Å²) in [5, 5.41) is 0. The van der Waals surface area contributed by atoms with Gasteiger partial charge in [-0.25, -0.2) is 0 Å². The minimum absolute atomic E-state index is 0.0267. The van der Waals surface area contributed by atoms with Crippen LogP contribution in [0.5, 0.6) is 0 Å². The molecule has 144 valence electrons. The average molecular weight is 359 g/mol. The van der Waals surface area contributed by atoms with Crippen LogP contribution in [0.2, 0.25) is 0 Å². The van der Waals surface area contributed by atoms with E-state index in [1.165, 1.54) is 13.0 Å². The van der Waals surface area contributed by atoms with Crippen LogP contribution in [0, 0.1) is 5.92 Å². The number of rotatable bonds is 5. The van der Waals surface area contributed by atoms with Crippen molar-refractivity contribution in [3.8, 4) is 0 Å². The summed E-state index contributed by atoms with van der Waals surface area (Å²) < 4.78 is 5.86. The maximum absolute atomic E-state index is 12.6. The molecular formula is C22H34N2O2. The number of ether oxygens (including phenoxy) is 1. The first-order valence-electron chi connectivity index (χ1n) is 10.2. The van der Waals surface area contributed by atoms with Crippen molar-refractivity contribution in [1.29, 1.82) is 0 Å². The molecule has 3 rings (SSSR count). The Labute approximate surface area is 158 Å². The van der Waals surface area contributed by atoms with Crippen LogP contribution in [0.1, 0.15) is 52.9 Å². The first-order chi connectivity index (χ1) is 12.5. The van der Waals surface area contributed by atoms with Crippen molar-refractivity contribution in [3.05, 3.63) is 30.3 Å². The average Bonchev–Trinajstić information content (AvgIpc) is 2.63. The minimum Gasteiger partial charge on any atom is -0.376 e. The highest BCUT2D eigenvalue weighted by atomic mass is 16.5. The van der Waals surface area contributed by atoms with Gasteiger partial charge in [-0.3, -0.25) is 4.79 Å². The lowest BCUT2D eigenvalue weighted by molar-refractivity contribution is -0.119. The molecule has 0 saturated carbocycles. The summed E-state index contributed by atoms with van der Waals surface area (Å²) in [6, 6.07) is 10.5. The standard InChI is InChI=1S/C22H34N2O2/c1-4-21(25)24(19-8-6-5-7-9-19)20-10-13-23(14-11-20)17-18-12-15-26-22(2,3)16-18/h5-9,18,20H,4,10-17H2,1-3H3/t18-/m1/s1. The Morgan fingerprint density at radius 3 is 2.50 bits per heavy atom. The molecule has 0 unspecified atom stereocenters. The van der Waals surface area contributed by atoms with Gasteiger partial charge >= 0.3 is 0 Å². The summed E-state index contributed by atoms with van der Waals surface area (Å²) in [5.74, 6) is 0.971. The van der Waals surface area contributed by atoms with Crippen LogP contribution in [-0.4, -0.2) is 48.7 Å². The van der Waals surface area contributed by atoms with Crippen LogP contribution in [0.25, 0.3) is 0 Å². The fourth-order valence-electron chi connectivity index (χ4n) is 4.56. The predicted octanol–water partition coefficient (Wildman–Crippen LogP) is 4.10. The number of likely N-dealkylation sites (tertiary alicyclic amines) is 1. The second-order valence-electron chi connectivity index (χ2n) is 8.45. The minimum atomic E-state index is 0.0267. The molecule has 4 heteroatoms. The normalized spacial score (nSPS) is 24.3. The topological polar surface area (TPSA) is 32.8 Å². The van der Waals surface area contributed by atoms with Gasteiger partial charge in [0.2, 0.25) is 5.91 Å². The van der Waals surface area contributed by atoms with Crippen LogP contribution >= 0.6 is 0 Å². The number of piperidine rings is 1. The zero-order chi connectivity index (χ0) is 18.6. The molecule has 0 aliphatic carbocycles. The number of nitrogens with zero attached hydrogens (tertiary/aromatic N) is 2. The lowest BCUT2D eigenvalue weighted by Crippen LogP contribution is -2.49. The number of para-hydroxylation sites is 1. The molecule has 1 aromatic carbocycles. The fraction of sp³-hybridized carbons (Fsp3) is 0.682. The maximum Gasteiger partial charge on any atom is 0.226 e. The summed E-state index contributed by atoms with van der Waals surface area (Å²) in [5.41, 5.74) is 1.07. The molecule has 0 bridgehead atoms. The molecular weight excluding hydrogens is 324 g/mol. The molecule has 0 spiro atoms. The van der Waals surface area contributed by atoms with Crippen molar-refractivity contribution in [3.63, 3.8) is 0 Å². The Morgan fingerprint density at radius 2 is 1.88 bits per heavy atom. The lowest BCUT2D eigenvalue weighted by Gasteiger charge is -2.42. The SMILES string of the molecule is CCC(=O)N(c1ccccc1)C1CCN(C[C@@H]2CCOC(C)(C)C2)CC1. The molecule has 2 fully saturated rings. The molecule has 1 amide bonds. The molecule has 0 N–H and O–H groups in total. The lowest BCUT2D eigenvalue weighted by atomic mass is 9.87. The van der Waals surface area contributed by atoms with Crippen molar-refractivity contribution < 1.29 is 9.53 Å². The van der Waals surface area contributed by atoms with Crippen LogP contribution < -0.4 is 4.90 Å². The second-order valence-corrected chi connectivity index (χ2v) is 8.45. The van der Waals surface area contributed by atoms with Gasteiger partial charge in [0.15, 0.2) is 0 Å². The summed E-state index contributed by atoms with van der Waals surface area (Å²) >= 11 is 0. The van der Waals surface area contributed by atoms with E-state index in [4.69, 9.17) is 4.74 Å².